The summed E-state index contributed by atoms with van der Waals surface area (Å²) in [5, 5.41) is 0.920. The number of benzene rings is 3. The second-order valence-electron chi connectivity index (χ2n) is 6.73. The molecule has 138 valence electrons. The number of carbonyl (C=O) groups is 1. The van der Waals surface area contributed by atoms with E-state index in [1.54, 1.807) is 24.3 Å². The molecule has 2 nitrogen and oxygen atoms in total. The first-order chi connectivity index (χ1) is 13.5. The quantitative estimate of drug-likeness (QED) is 0.458. The van der Waals surface area contributed by atoms with Gasteiger partial charge >= 0.3 is 0 Å². The Labute approximate surface area is 174 Å². The average molecular weight is 406 g/mol. The average Bonchev–Trinajstić information content (AvgIpc) is 2.69. The summed E-state index contributed by atoms with van der Waals surface area (Å²) in [5.41, 5.74) is 4.68. The summed E-state index contributed by atoms with van der Waals surface area (Å²) in [7, 11) is 0. The van der Waals surface area contributed by atoms with Crippen LogP contribution in [-0.2, 0) is 0 Å². The van der Waals surface area contributed by atoms with Gasteiger partial charge in [0.1, 0.15) is 0 Å². The van der Waals surface area contributed by atoms with Crippen LogP contribution in [0.4, 0.5) is 5.69 Å². The van der Waals surface area contributed by atoms with Crippen LogP contribution in [0.3, 0.4) is 0 Å². The lowest BCUT2D eigenvalue weighted by atomic mass is 9.83. The summed E-state index contributed by atoms with van der Waals surface area (Å²) in [4.78, 5) is 18.1. The molecule has 1 atom stereocenters. The van der Waals surface area contributed by atoms with E-state index in [9.17, 15) is 4.79 Å². The fourth-order valence-corrected chi connectivity index (χ4v) is 3.95. The Morgan fingerprint density at radius 3 is 2.25 bits per heavy atom. The van der Waals surface area contributed by atoms with Gasteiger partial charge in [-0.25, -0.2) is 0 Å². The van der Waals surface area contributed by atoms with Crippen LogP contribution in [0.25, 0.3) is 6.08 Å². The molecule has 4 rings (SSSR count). The molecule has 0 aliphatic carbocycles. The molecule has 0 saturated carbocycles. The van der Waals surface area contributed by atoms with Crippen LogP contribution < -0.4 is 0 Å². The van der Waals surface area contributed by atoms with Crippen molar-refractivity contribution in [2.75, 3.05) is 0 Å². The highest BCUT2D eigenvalue weighted by Crippen LogP contribution is 2.40. The van der Waals surface area contributed by atoms with Crippen LogP contribution in [0, 0.1) is 6.92 Å². The molecule has 28 heavy (non-hydrogen) atoms. The Hall–Kier alpha value is -2.68. The second-order valence-corrected chi connectivity index (χ2v) is 7.54. The Kier molecular flexibility index (Phi) is 5.17. The van der Waals surface area contributed by atoms with Crippen molar-refractivity contribution in [2.24, 2.45) is 4.99 Å². The van der Waals surface area contributed by atoms with Crippen LogP contribution >= 0.6 is 23.2 Å². The van der Waals surface area contributed by atoms with Crippen LogP contribution in [0.15, 0.2) is 77.8 Å². The summed E-state index contributed by atoms with van der Waals surface area (Å²) in [5.74, 6) is -0.693. The number of aryl methyl sites for hydroxylation is 1. The van der Waals surface area contributed by atoms with Crippen molar-refractivity contribution >= 4 is 46.5 Å². The second kappa shape index (κ2) is 7.75. The van der Waals surface area contributed by atoms with E-state index in [2.05, 4.69) is 0 Å². The van der Waals surface area contributed by atoms with E-state index < -0.39 is 5.92 Å². The molecule has 1 aliphatic rings. The van der Waals surface area contributed by atoms with E-state index in [0.29, 0.717) is 32.6 Å². The maximum absolute atomic E-state index is 13.4. The van der Waals surface area contributed by atoms with Gasteiger partial charge in [0, 0.05) is 21.2 Å². The molecule has 0 aromatic heterocycles. The molecule has 0 bridgehead atoms. The number of hydrogen-bond donors (Lipinski definition) is 0. The Morgan fingerprint density at radius 2 is 1.54 bits per heavy atom. The van der Waals surface area contributed by atoms with Crippen molar-refractivity contribution in [1.29, 1.82) is 0 Å². The Morgan fingerprint density at radius 1 is 0.857 bits per heavy atom. The minimum absolute atomic E-state index is 0.0517. The van der Waals surface area contributed by atoms with Crippen LogP contribution in [-0.4, -0.2) is 11.5 Å². The maximum Gasteiger partial charge on any atom is 0.178 e. The Balaban J connectivity index is 1.85. The first-order valence-electron chi connectivity index (χ1n) is 8.95. The molecule has 1 heterocycles. The van der Waals surface area contributed by atoms with E-state index in [1.165, 1.54) is 5.56 Å². The molecule has 1 unspecified atom stereocenters. The number of para-hydroxylation sites is 1. The minimum atomic E-state index is -0.641. The van der Waals surface area contributed by atoms with Crippen molar-refractivity contribution in [1.82, 2.24) is 0 Å². The third-order valence-corrected chi connectivity index (χ3v) is 5.45. The fourth-order valence-electron chi connectivity index (χ4n) is 3.33. The van der Waals surface area contributed by atoms with Crippen molar-refractivity contribution < 1.29 is 4.79 Å². The number of hydrogen-bond acceptors (Lipinski definition) is 2. The van der Waals surface area contributed by atoms with Gasteiger partial charge in [0.05, 0.1) is 17.3 Å². The zero-order valence-corrected chi connectivity index (χ0v) is 16.7. The van der Waals surface area contributed by atoms with E-state index in [0.717, 1.165) is 5.56 Å². The van der Waals surface area contributed by atoms with Crippen molar-refractivity contribution in [3.05, 3.63) is 105 Å². The first-order valence-corrected chi connectivity index (χ1v) is 9.70. The van der Waals surface area contributed by atoms with Gasteiger partial charge in [-0.1, -0.05) is 77.3 Å². The summed E-state index contributed by atoms with van der Waals surface area (Å²) < 4.78 is 0. The van der Waals surface area contributed by atoms with Gasteiger partial charge in [-0.05, 0) is 42.8 Å². The number of Topliss-reactive ketones (excluding diaryl/α,β-unsaturated/α-hetero) is 1. The molecule has 0 N–H and O–H groups in total. The van der Waals surface area contributed by atoms with Gasteiger partial charge in [0.25, 0.3) is 0 Å². The monoisotopic (exact) mass is 405 g/mol. The van der Waals surface area contributed by atoms with Gasteiger partial charge in [-0.3, -0.25) is 9.79 Å². The van der Waals surface area contributed by atoms with E-state index >= 15 is 0 Å². The molecule has 0 fully saturated rings. The summed E-state index contributed by atoms with van der Waals surface area (Å²) in [6.07, 6.45) is 3.83. The van der Waals surface area contributed by atoms with Crippen molar-refractivity contribution in [2.45, 2.75) is 12.8 Å². The molecule has 3 aromatic rings. The van der Waals surface area contributed by atoms with Crippen molar-refractivity contribution in [3.63, 3.8) is 0 Å². The van der Waals surface area contributed by atoms with Crippen LogP contribution in [0.1, 0.15) is 33.0 Å². The zero-order chi connectivity index (χ0) is 19.7. The molecule has 4 heteroatoms. The highest BCUT2D eigenvalue weighted by atomic mass is 35.5. The van der Waals surface area contributed by atoms with E-state index in [1.807, 2.05) is 61.5 Å². The molecule has 0 radical (unpaired) electrons. The molecular formula is C24H17Cl2NO. The topological polar surface area (TPSA) is 29.4 Å². The number of carbonyl (C=O) groups excluding carboxylic acids is 1. The number of halogens is 2. The van der Waals surface area contributed by atoms with Gasteiger partial charge in [-0.2, -0.15) is 0 Å². The third-order valence-electron chi connectivity index (χ3n) is 4.79. The fraction of sp³-hybridized carbons (Fsp3) is 0.0833. The lowest BCUT2D eigenvalue weighted by molar-refractivity contribution is 0.0982. The molecule has 0 amide bonds. The predicted octanol–water partition coefficient (Wildman–Crippen LogP) is 7.07. The van der Waals surface area contributed by atoms with Crippen LogP contribution in [0.5, 0.6) is 0 Å². The number of aliphatic imine (C=N–C) groups is 1. The van der Waals surface area contributed by atoms with Gasteiger partial charge in [0.15, 0.2) is 5.78 Å². The molecule has 3 aromatic carbocycles. The lowest BCUT2D eigenvalue weighted by Gasteiger charge is -2.24. The van der Waals surface area contributed by atoms with Gasteiger partial charge in [0.2, 0.25) is 0 Å². The standard InChI is InChI=1S/C24H17Cl2NO/c1-15-9-11-16(12-10-15)13-14-21-23(22-18(25)6-4-7-19(22)26)24(28)17-5-2-3-8-20(17)27-21/h2-14,23H,1H3/b14-13+. The summed E-state index contributed by atoms with van der Waals surface area (Å²) >= 11 is 12.9. The third kappa shape index (κ3) is 3.54. The van der Waals surface area contributed by atoms with Gasteiger partial charge < -0.3 is 0 Å². The highest BCUT2D eigenvalue weighted by Gasteiger charge is 2.34. The molecule has 1 aliphatic heterocycles. The lowest BCUT2D eigenvalue weighted by Crippen LogP contribution is -2.25. The van der Waals surface area contributed by atoms with Gasteiger partial charge in [-0.15, -0.1) is 0 Å². The molecule has 0 spiro atoms. The number of allylic oxidation sites excluding steroid dienone is 1. The number of ketones is 1. The summed E-state index contributed by atoms with van der Waals surface area (Å²) in [6.45, 7) is 2.05. The van der Waals surface area contributed by atoms with E-state index in [4.69, 9.17) is 28.2 Å². The SMILES string of the molecule is Cc1ccc(/C=C/C2=Nc3ccccc3C(=O)C2c2c(Cl)cccc2Cl)cc1. The largest absolute Gasteiger partial charge is 0.293 e. The highest BCUT2D eigenvalue weighted by molar-refractivity contribution is 6.38. The Bertz CT molecular complexity index is 1090. The molecular weight excluding hydrogens is 389 g/mol. The smallest absolute Gasteiger partial charge is 0.178 e. The van der Waals surface area contributed by atoms with Crippen molar-refractivity contribution in [3.8, 4) is 0 Å². The number of nitrogens with zero attached hydrogens (tertiary/aromatic N) is 1. The predicted molar refractivity (Wildman–Crippen MR) is 117 cm³/mol. The maximum atomic E-state index is 13.4. The normalized spacial score (nSPS) is 16.2. The zero-order valence-electron chi connectivity index (χ0n) is 15.2. The minimum Gasteiger partial charge on any atom is -0.293 e. The summed E-state index contributed by atoms with van der Waals surface area (Å²) in [6, 6.07) is 20.8. The van der Waals surface area contributed by atoms with Crippen LogP contribution in [0.2, 0.25) is 10.0 Å². The molecule has 0 saturated heterocycles. The van der Waals surface area contributed by atoms with E-state index in [-0.39, 0.29) is 5.78 Å². The number of fused-ring (bicyclic) bond motifs is 1. The number of rotatable bonds is 3. The first kappa shape index (κ1) is 18.7.